The van der Waals surface area contributed by atoms with E-state index in [-0.39, 0.29) is 6.42 Å². The average molecular weight is 483 g/mol. The predicted molar refractivity (Wildman–Crippen MR) is 115 cm³/mol. The summed E-state index contributed by atoms with van der Waals surface area (Å²) in [5, 5.41) is 33.6. The molecule has 0 aliphatic heterocycles. The molecular weight excluding hydrogens is 448 g/mol. The summed E-state index contributed by atoms with van der Waals surface area (Å²) < 4.78 is 29.4. The maximum atomic E-state index is 11.4. The molecule has 11 nitrogen and oxygen atoms in total. The first-order valence-electron chi connectivity index (χ1n) is 10.4. The number of carbonyl (C=O) groups is 4. The molecule has 0 fully saturated rings. The maximum absolute atomic E-state index is 11.4. The number of hydrogen-bond donors (Lipinski definition) is 5. The van der Waals surface area contributed by atoms with Crippen LogP contribution in [0.3, 0.4) is 0 Å². The normalized spacial score (nSPS) is 13.1. The van der Waals surface area contributed by atoms with E-state index in [0.29, 0.717) is 18.6 Å². The van der Waals surface area contributed by atoms with Crippen LogP contribution in [-0.2, 0) is 29.3 Å². The molecule has 0 radical (unpaired) electrons. The van der Waals surface area contributed by atoms with Crippen LogP contribution in [0.5, 0.6) is 0 Å². The minimum atomic E-state index is -5.01. The van der Waals surface area contributed by atoms with Gasteiger partial charge in [0, 0.05) is 12.2 Å². The standard InChI is InChI=1S/C16H30O7S.C4H4O4/c1-2-3-4-5-6-7-8-9-10-11-12-16(15(19)20,13-14(17)18)24(21,22)23;5-3(6)1-2-4(7)8/h2-13H2,1H3,(H,17,18)(H,19,20)(H,21,22,23);1-2H,(H,5,6)(H,7,8)/b;2-1-. The Hall–Kier alpha value is -2.47. The SMILES string of the molecule is CCCCCCCCCCCCC(CC(=O)O)(C(=O)O)S(=O)(=O)O.O=C(O)/C=C\C(=O)O. The fourth-order valence-corrected chi connectivity index (χ4v) is 3.82. The van der Waals surface area contributed by atoms with Gasteiger partial charge >= 0.3 is 23.9 Å². The van der Waals surface area contributed by atoms with Crippen molar-refractivity contribution in [1.82, 2.24) is 0 Å². The molecule has 0 saturated carbocycles. The fraction of sp³-hybridized carbons (Fsp3) is 0.700. The molecule has 0 rings (SSSR count). The van der Waals surface area contributed by atoms with Crippen molar-refractivity contribution >= 4 is 34.0 Å². The summed E-state index contributed by atoms with van der Waals surface area (Å²) in [5.74, 6) is -5.90. The summed E-state index contributed by atoms with van der Waals surface area (Å²) in [6, 6.07) is 0. The second-order valence-corrected chi connectivity index (χ2v) is 9.02. The Morgan fingerprint density at radius 3 is 1.38 bits per heavy atom. The van der Waals surface area contributed by atoms with E-state index >= 15 is 0 Å². The van der Waals surface area contributed by atoms with Crippen LogP contribution >= 0.6 is 0 Å². The van der Waals surface area contributed by atoms with E-state index < -0.39 is 51.6 Å². The number of aliphatic carboxylic acids is 4. The van der Waals surface area contributed by atoms with Crippen LogP contribution in [0.1, 0.15) is 84.0 Å². The third-order valence-corrected chi connectivity index (χ3v) is 6.13. The molecule has 0 saturated heterocycles. The monoisotopic (exact) mass is 482 g/mol. The van der Waals surface area contributed by atoms with E-state index in [0.717, 1.165) is 25.7 Å². The van der Waals surface area contributed by atoms with Gasteiger partial charge in [0.1, 0.15) is 0 Å². The van der Waals surface area contributed by atoms with E-state index in [9.17, 15) is 32.1 Å². The van der Waals surface area contributed by atoms with Crippen LogP contribution in [0, 0.1) is 0 Å². The Labute approximate surface area is 187 Å². The topological polar surface area (TPSA) is 204 Å². The molecule has 0 spiro atoms. The van der Waals surface area contributed by atoms with Crippen LogP contribution in [0.2, 0.25) is 0 Å². The van der Waals surface area contributed by atoms with Crippen molar-refractivity contribution in [3.63, 3.8) is 0 Å². The quantitative estimate of drug-likeness (QED) is 0.116. The third-order valence-electron chi connectivity index (χ3n) is 4.62. The summed E-state index contributed by atoms with van der Waals surface area (Å²) >= 11 is 0. The first-order valence-corrected chi connectivity index (χ1v) is 11.8. The highest BCUT2D eigenvalue weighted by Crippen LogP contribution is 2.29. The van der Waals surface area contributed by atoms with E-state index in [1.54, 1.807) is 0 Å². The van der Waals surface area contributed by atoms with Gasteiger partial charge in [-0.3, -0.25) is 14.1 Å². The molecule has 1 unspecified atom stereocenters. The van der Waals surface area contributed by atoms with Crippen molar-refractivity contribution in [2.24, 2.45) is 0 Å². The molecule has 0 aromatic rings. The second-order valence-electron chi connectivity index (χ2n) is 7.29. The molecule has 12 heteroatoms. The van der Waals surface area contributed by atoms with Gasteiger partial charge in [0.2, 0.25) is 4.75 Å². The molecule has 0 aliphatic carbocycles. The molecule has 0 aromatic carbocycles. The lowest BCUT2D eigenvalue weighted by atomic mass is 9.96. The lowest BCUT2D eigenvalue weighted by molar-refractivity contribution is -0.147. The summed E-state index contributed by atoms with van der Waals surface area (Å²) in [6.07, 6.45) is 9.38. The number of carboxylic acids is 4. The molecular formula is C20H34O11S. The minimum absolute atomic E-state index is 0.245. The lowest BCUT2D eigenvalue weighted by Gasteiger charge is -2.24. The largest absolute Gasteiger partial charge is 0.481 e. The molecule has 32 heavy (non-hydrogen) atoms. The second kappa shape index (κ2) is 17.1. The number of rotatable bonds is 17. The molecule has 0 amide bonds. The van der Waals surface area contributed by atoms with Gasteiger partial charge in [-0.15, -0.1) is 0 Å². The Bertz CT molecular complexity index is 712. The van der Waals surface area contributed by atoms with Gasteiger partial charge in [-0.1, -0.05) is 71.1 Å². The van der Waals surface area contributed by atoms with Gasteiger partial charge in [0.15, 0.2) is 0 Å². The van der Waals surface area contributed by atoms with Crippen molar-refractivity contribution < 1.29 is 52.6 Å². The summed E-state index contributed by atoms with van der Waals surface area (Å²) in [5.41, 5.74) is 0. The van der Waals surface area contributed by atoms with E-state index in [1.807, 2.05) is 0 Å². The summed E-state index contributed by atoms with van der Waals surface area (Å²) in [4.78, 5) is 41.2. The fourth-order valence-electron chi connectivity index (χ4n) is 2.89. The van der Waals surface area contributed by atoms with Crippen molar-refractivity contribution in [2.75, 3.05) is 0 Å². The summed E-state index contributed by atoms with van der Waals surface area (Å²) in [6.45, 7) is 2.16. The van der Waals surface area contributed by atoms with Crippen molar-refractivity contribution in [2.45, 2.75) is 88.7 Å². The van der Waals surface area contributed by atoms with Gasteiger partial charge in [-0.05, 0) is 6.42 Å². The highest BCUT2D eigenvalue weighted by Gasteiger charge is 2.51. The van der Waals surface area contributed by atoms with Crippen molar-refractivity contribution in [3.05, 3.63) is 12.2 Å². The van der Waals surface area contributed by atoms with Gasteiger partial charge in [0.25, 0.3) is 10.1 Å². The number of unbranched alkanes of at least 4 members (excludes halogenated alkanes) is 9. The average Bonchev–Trinajstić information content (AvgIpc) is 2.66. The van der Waals surface area contributed by atoms with Crippen molar-refractivity contribution in [3.8, 4) is 0 Å². The maximum Gasteiger partial charge on any atom is 0.328 e. The van der Waals surface area contributed by atoms with Gasteiger partial charge in [-0.25, -0.2) is 9.59 Å². The van der Waals surface area contributed by atoms with E-state index in [2.05, 4.69) is 6.92 Å². The zero-order chi connectivity index (χ0) is 25.2. The predicted octanol–water partition coefficient (Wildman–Crippen LogP) is 3.20. The highest BCUT2D eigenvalue weighted by molar-refractivity contribution is 7.88. The first-order chi connectivity index (χ1) is 14.8. The Morgan fingerprint density at radius 2 is 1.09 bits per heavy atom. The molecule has 1 atom stereocenters. The van der Waals surface area contributed by atoms with E-state index in [4.69, 9.17) is 20.4 Å². The molecule has 0 aliphatic rings. The van der Waals surface area contributed by atoms with Crippen LogP contribution < -0.4 is 0 Å². The first kappa shape index (κ1) is 31.7. The highest BCUT2D eigenvalue weighted by atomic mass is 32.2. The van der Waals surface area contributed by atoms with Gasteiger partial charge in [0.05, 0.1) is 6.42 Å². The smallest absolute Gasteiger partial charge is 0.328 e. The Morgan fingerprint density at radius 1 is 0.719 bits per heavy atom. The zero-order valence-corrected chi connectivity index (χ0v) is 19.1. The van der Waals surface area contributed by atoms with Crippen molar-refractivity contribution in [1.29, 1.82) is 0 Å². The van der Waals surface area contributed by atoms with E-state index in [1.165, 1.54) is 25.7 Å². The minimum Gasteiger partial charge on any atom is -0.481 e. The summed E-state index contributed by atoms with van der Waals surface area (Å²) in [7, 11) is -5.01. The Kier molecular flexibility index (Phi) is 17.0. The van der Waals surface area contributed by atoms with Crippen LogP contribution in [-0.4, -0.2) is 62.0 Å². The lowest BCUT2D eigenvalue weighted by Crippen LogP contribution is -2.48. The molecule has 0 bridgehead atoms. The zero-order valence-electron chi connectivity index (χ0n) is 18.2. The van der Waals surface area contributed by atoms with Gasteiger partial charge < -0.3 is 20.4 Å². The Balaban J connectivity index is 0. The number of hydrogen-bond acceptors (Lipinski definition) is 6. The van der Waals surface area contributed by atoms with Gasteiger partial charge in [-0.2, -0.15) is 8.42 Å². The molecule has 0 heterocycles. The van der Waals surface area contributed by atoms with Crippen LogP contribution in [0.15, 0.2) is 12.2 Å². The molecule has 5 N–H and O–H groups in total. The molecule has 0 aromatic heterocycles. The van der Waals surface area contributed by atoms with Crippen LogP contribution in [0.4, 0.5) is 0 Å². The molecule has 186 valence electrons. The van der Waals surface area contributed by atoms with Crippen LogP contribution in [0.25, 0.3) is 0 Å². The number of carboxylic acid groups (broad SMARTS) is 4. The third kappa shape index (κ3) is 15.3.